The molecule has 0 aromatic heterocycles. The van der Waals surface area contributed by atoms with Crippen molar-refractivity contribution in [1.29, 1.82) is 0 Å². The van der Waals surface area contributed by atoms with Crippen LogP contribution >= 0.6 is 0 Å². The standard InChI is InChI=1S/2C20H29NO3.2C19H27NO3/c2*1-5-13(2)8-15-12-21-7-6-14-9-19(23-3)20(24-4)10-16(14)17(21)11-18(15)22;2*1-12(2)7-14-11-20-6-5-13-8-18(22-3)19(23-4)9-15(13)16(20)10-17(14)21/h2*9-10,13,15,17H,5-8,11-12H2,1-4H3;2*8-9,12,14,16H,5-7,10-11H2,1-4H3/i2D3,3D3,4D3,5D2,8D2,11D2,13D,15D;2D3,3D3,4D3,5D2,8D2,12D2,13D;3D3,4D3,10D2,14D;3D3,4D3,11D2. The van der Waals surface area contributed by atoms with Crippen molar-refractivity contribution in [2.45, 2.75) is 169 Å². The molecule has 0 radical (unpaired) electrons. The summed E-state index contributed by atoms with van der Waals surface area (Å²) in [5.74, 6) is -22.0. The normalized spacial score (nSPS) is 38.8. The van der Waals surface area contributed by atoms with Crippen LogP contribution < -0.4 is 37.9 Å². The third-order valence-electron chi connectivity index (χ3n) is 17.5. The number of piperidine rings is 4. The Morgan fingerprint density at radius 2 is 0.777 bits per heavy atom. The van der Waals surface area contributed by atoms with Crippen LogP contribution in [0.25, 0.3) is 0 Å². The number of ketones is 4. The first-order valence-electron chi connectivity index (χ1n) is 55.5. The number of methoxy groups -OCH3 is 8. The second-order valence-electron chi connectivity index (χ2n) is 24.3. The van der Waals surface area contributed by atoms with E-state index in [9.17, 15) is 19.2 Å². The molecule has 8 aliphatic rings. The van der Waals surface area contributed by atoms with Gasteiger partial charge in [-0.25, -0.2) is 0 Å². The lowest BCUT2D eigenvalue weighted by atomic mass is 9.79. The highest BCUT2D eigenvalue weighted by Crippen LogP contribution is 2.48. The van der Waals surface area contributed by atoms with Gasteiger partial charge in [0.1, 0.15) is 23.1 Å². The van der Waals surface area contributed by atoms with Gasteiger partial charge >= 0.3 is 0 Å². The van der Waals surface area contributed by atoms with E-state index in [1.54, 1.807) is 9.80 Å². The van der Waals surface area contributed by atoms with Crippen molar-refractivity contribution in [3.63, 3.8) is 0 Å². The van der Waals surface area contributed by atoms with Gasteiger partial charge in [-0.2, -0.15) is 0 Å². The molecule has 10 unspecified atom stereocenters. The van der Waals surface area contributed by atoms with Gasteiger partial charge < -0.3 is 37.9 Å². The van der Waals surface area contributed by atoms with Gasteiger partial charge in [-0.15, -0.1) is 0 Å². The van der Waals surface area contributed by atoms with Crippen LogP contribution in [0.5, 0.6) is 46.0 Å². The average Bonchev–Trinajstić information content (AvgIpc) is 0.678. The Morgan fingerprint density at radius 1 is 0.447 bits per heavy atom. The second kappa shape index (κ2) is 32.7. The Kier molecular flexibility index (Phi) is 10.8. The summed E-state index contributed by atoms with van der Waals surface area (Å²) in [6.07, 6.45) is -18.0. The highest BCUT2D eigenvalue weighted by molar-refractivity contribution is 5.85. The Hall–Kier alpha value is -6.20. The van der Waals surface area contributed by atoms with Gasteiger partial charge in [0.2, 0.25) is 0 Å². The molecule has 0 spiro atoms. The maximum Gasteiger partial charge on any atom is 0.161 e. The first kappa shape index (κ1) is 31.1. The molecule has 0 amide bonds. The number of hydrogen-bond acceptors (Lipinski definition) is 16. The maximum absolute atomic E-state index is 13.7. The first-order valence-corrected chi connectivity index (χ1v) is 30.5. The Morgan fingerprint density at radius 3 is 1.15 bits per heavy atom. The van der Waals surface area contributed by atoms with E-state index in [0.717, 1.165) is 23.1 Å². The molecule has 16 heteroatoms. The summed E-state index contributed by atoms with van der Waals surface area (Å²) in [6.45, 7) is -3.52. The van der Waals surface area contributed by atoms with Crippen LogP contribution in [-0.2, 0) is 44.9 Å². The quantitative estimate of drug-likeness (QED) is 0.0926. The van der Waals surface area contributed by atoms with E-state index >= 15 is 0 Å². The molecule has 0 saturated carbocycles. The molecule has 4 aromatic rings. The molecule has 8 aliphatic heterocycles. The smallest absolute Gasteiger partial charge is 0.161 e. The first-order chi connectivity index (χ1) is 64.2. The fourth-order valence-electron chi connectivity index (χ4n) is 13.0. The zero-order chi connectivity index (χ0) is 111. The summed E-state index contributed by atoms with van der Waals surface area (Å²) >= 11 is 0. The van der Waals surface area contributed by atoms with Crippen LogP contribution in [0.15, 0.2) is 48.5 Å². The molecule has 516 valence electrons. The summed E-state index contributed by atoms with van der Waals surface area (Å²) in [5.41, 5.74) is 2.92. The average molecular weight is 1350 g/mol. The minimum Gasteiger partial charge on any atom is -0.493 e. The van der Waals surface area contributed by atoms with Crippen molar-refractivity contribution in [2.75, 3.05) is 109 Å². The molecule has 4 saturated heterocycles. The van der Waals surface area contributed by atoms with Crippen molar-refractivity contribution >= 4 is 23.1 Å². The number of nitrogens with zero attached hydrogens (tertiary/aromatic N) is 4. The number of carbonyl (C=O) groups excluding carboxylic acids is 4. The van der Waals surface area contributed by atoms with Crippen LogP contribution in [-0.4, -0.2) is 151 Å². The van der Waals surface area contributed by atoms with Gasteiger partial charge in [-0.3, -0.25) is 38.8 Å². The molecule has 4 fully saturated rings. The van der Waals surface area contributed by atoms with E-state index in [2.05, 4.69) is 0 Å². The van der Waals surface area contributed by atoms with Crippen LogP contribution in [0.2, 0.25) is 0 Å². The van der Waals surface area contributed by atoms with E-state index in [1.165, 1.54) is 35.2 Å². The van der Waals surface area contributed by atoms with Crippen LogP contribution in [0.3, 0.4) is 0 Å². The van der Waals surface area contributed by atoms with Crippen molar-refractivity contribution in [2.24, 2.45) is 47.2 Å². The zero-order valence-corrected chi connectivity index (χ0v) is 52.8. The highest BCUT2D eigenvalue weighted by Gasteiger charge is 2.43. The molecule has 16 nitrogen and oxygen atoms in total. The van der Waals surface area contributed by atoms with Gasteiger partial charge in [0.25, 0.3) is 0 Å². The van der Waals surface area contributed by atoms with Gasteiger partial charge in [0.05, 0.1) is 89.2 Å². The number of hydrogen-bond donors (Lipinski definition) is 0. The van der Waals surface area contributed by atoms with Crippen LogP contribution in [0.4, 0.5) is 0 Å². The molecular weight excluding hydrogens is 1180 g/mol. The molecule has 8 heterocycles. The molecule has 0 aliphatic carbocycles. The summed E-state index contributed by atoms with van der Waals surface area (Å²) in [7, 11) is -23.5. The lowest BCUT2D eigenvalue weighted by molar-refractivity contribution is -0.130. The van der Waals surface area contributed by atoms with E-state index in [-0.39, 0.29) is 103 Å². The van der Waals surface area contributed by atoms with Gasteiger partial charge in [-0.1, -0.05) is 68.0 Å². The monoisotopic (exact) mass is 1350 g/mol. The number of carbonyl (C=O) groups is 4. The molecule has 94 heavy (non-hydrogen) atoms. The molecule has 4 aromatic carbocycles. The van der Waals surface area contributed by atoms with Crippen molar-refractivity contribution in [1.82, 2.24) is 19.6 Å². The molecular formula is C78H112N4O12. The van der Waals surface area contributed by atoms with Crippen molar-refractivity contribution in [3.8, 4) is 46.0 Å². The summed E-state index contributed by atoms with van der Waals surface area (Å²) in [5, 5.41) is 0. The molecule has 12 rings (SSSR count). The van der Waals surface area contributed by atoms with E-state index in [4.69, 9.17) is 106 Å². The Bertz CT molecular complexity index is 5360. The number of benzene rings is 4. The van der Waals surface area contributed by atoms with Gasteiger partial charge in [-0.05, 0) is 168 Å². The summed E-state index contributed by atoms with van der Waals surface area (Å²) in [6, 6.07) is 5.55. The van der Waals surface area contributed by atoms with Crippen molar-refractivity contribution < 1.29 is 126 Å². The third-order valence-corrected chi connectivity index (χ3v) is 17.5. The second-order valence-corrected chi connectivity index (χ2v) is 24.3. The number of fused-ring (bicyclic) bond motifs is 12. The zero-order valence-electron chi connectivity index (χ0n) is 103. The summed E-state index contributed by atoms with van der Waals surface area (Å²) < 4.78 is 434. The van der Waals surface area contributed by atoms with Gasteiger partial charge in [0.15, 0.2) is 46.0 Å². The minimum absolute atomic E-state index is 0.000481. The number of Topliss-reactive ketones (excluding diaryl/α,β-unsaturated/α-hetero) is 4. The van der Waals surface area contributed by atoms with Crippen LogP contribution in [0.1, 0.15) is 256 Å². The maximum atomic E-state index is 13.7. The predicted octanol–water partition coefficient (Wildman–Crippen LogP) is 13.7. The Labute approximate surface area is 632 Å². The largest absolute Gasteiger partial charge is 0.493 e. The Balaban J connectivity index is 0.000000215. The fraction of sp³-hybridized carbons (Fsp3) is 0.641. The number of ether oxygens (including phenoxy) is 8. The lowest BCUT2D eigenvalue weighted by Crippen LogP contribution is -2.46. The van der Waals surface area contributed by atoms with E-state index in [1.807, 2.05) is 27.7 Å². The third kappa shape index (κ3) is 16.4. The molecule has 10 atom stereocenters. The predicted molar refractivity (Wildman–Crippen MR) is 370 cm³/mol. The van der Waals surface area contributed by atoms with Crippen LogP contribution in [0, 0.1) is 47.2 Å². The minimum atomic E-state index is -3.76. The fourth-order valence-corrected chi connectivity index (χ4v) is 13.0. The highest BCUT2D eigenvalue weighted by atomic mass is 16.5. The van der Waals surface area contributed by atoms with Crippen molar-refractivity contribution in [3.05, 3.63) is 93.0 Å². The van der Waals surface area contributed by atoms with E-state index in [0.29, 0.717) is 74.0 Å². The summed E-state index contributed by atoms with van der Waals surface area (Å²) in [4.78, 5) is 58.9. The van der Waals surface area contributed by atoms with Gasteiger partial charge in [0, 0.05) is 161 Å². The SMILES string of the molecule is [2H]C([2H])([2H])Oc1cc2c(cc1OC([2H])([2H])[2H])C1CC(=O)C(C([2H])([2H])C([2H])(C([2H])([2H])[2H])C([2H])([2H])C)C([2H])([2H])N1CC2.[2H]C([2H])([2H])Oc1cc2c(cc1OC([2H])([2H])[2H])C1CC(=O)C(CC(C)C)C([2H])([2H])N1CC2.[2H]C([2H])([2H])Oc1cc2c(cc1OC([2H])([2H])[2H])C1N(CC2)CC([2H])(C([2H])([2H])C([2H])(C([2H])([2H])[2H])C([2H])([2H])C)C(=O)C1([2H])[2H].[2H]C([2H])([2H])Oc1cc2c(cc1OC([2H])([2H])[2H])C1N(CC2)CC([2H])(CC(C)C)C(=O)C1([2H])[2H]. The number of rotatable bonds is 18. The topological polar surface area (TPSA) is 155 Å². The lowest BCUT2D eigenvalue weighted by Gasteiger charge is -2.43. The molecule has 0 N–H and O–H groups in total. The van der Waals surface area contributed by atoms with E-state index < -0.39 is 234 Å². The molecule has 0 bridgehead atoms.